The number of amides is 1. The molecule has 7 rings (SSSR count). The molecule has 4 aromatic rings. The lowest BCUT2D eigenvalue weighted by atomic mass is 9.74. The van der Waals surface area contributed by atoms with Crippen LogP contribution < -0.4 is 10.1 Å². The maximum absolute atomic E-state index is 13.1. The van der Waals surface area contributed by atoms with Crippen LogP contribution in [0.2, 0.25) is 5.02 Å². The topological polar surface area (TPSA) is 98.1 Å². The number of carbonyl (C=O) groups is 1. The van der Waals surface area contributed by atoms with Gasteiger partial charge in [0.15, 0.2) is 11.2 Å². The van der Waals surface area contributed by atoms with Gasteiger partial charge in [0.1, 0.15) is 17.8 Å². The number of pyridine rings is 1. The molecule has 0 unspecified atom stereocenters. The second-order valence-electron chi connectivity index (χ2n) is 11.2. The number of benzene rings is 1. The summed E-state index contributed by atoms with van der Waals surface area (Å²) in [5.41, 5.74) is 4.57. The number of likely N-dealkylation sites (tertiary alicyclic amines) is 1. The number of aryl methyl sites for hydroxylation is 1. The normalized spacial score (nSPS) is 18.8. The summed E-state index contributed by atoms with van der Waals surface area (Å²) in [5, 5.41) is 3.76. The fourth-order valence-electron chi connectivity index (χ4n) is 5.33. The molecule has 1 amide bonds. The Balaban J connectivity index is 1.28. The van der Waals surface area contributed by atoms with Gasteiger partial charge in [0.05, 0.1) is 17.3 Å². The van der Waals surface area contributed by atoms with E-state index in [0.717, 1.165) is 50.3 Å². The molecular formula is C28H28ClN7O2. The highest BCUT2D eigenvalue weighted by Gasteiger charge is 2.49. The molecule has 5 heterocycles. The minimum atomic E-state index is -0.214. The first kappa shape index (κ1) is 23.5. The van der Waals surface area contributed by atoms with E-state index in [2.05, 4.69) is 27.2 Å². The Bertz CT molecular complexity index is 1580. The van der Waals surface area contributed by atoms with Crippen molar-refractivity contribution in [2.75, 3.05) is 26.2 Å². The van der Waals surface area contributed by atoms with Gasteiger partial charge in [-0.15, -0.1) is 0 Å². The quantitative estimate of drug-likeness (QED) is 0.405. The fourth-order valence-corrected chi connectivity index (χ4v) is 5.59. The maximum Gasteiger partial charge on any atom is 0.253 e. The molecule has 2 saturated heterocycles. The van der Waals surface area contributed by atoms with Gasteiger partial charge < -0.3 is 19.5 Å². The summed E-state index contributed by atoms with van der Waals surface area (Å²) >= 11 is 6.84. The molecule has 1 aromatic carbocycles. The van der Waals surface area contributed by atoms with Crippen molar-refractivity contribution in [1.82, 2.24) is 34.7 Å². The molecule has 38 heavy (non-hydrogen) atoms. The summed E-state index contributed by atoms with van der Waals surface area (Å²) in [6, 6.07) is 9.45. The van der Waals surface area contributed by atoms with Gasteiger partial charge in [-0.3, -0.25) is 9.78 Å². The van der Waals surface area contributed by atoms with E-state index >= 15 is 0 Å². The van der Waals surface area contributed by atoms with Gasteiger partial charge in [-0.25, -0.2) is 9.97 Å². The van der Waals surface area contributed by atoms with E-state index in [-0.39, 0.29) is 16.9 Å². The summed E-state index contributed by atoms with van der Waals surface area (Å²) in [7, 11) is 0. The molecule has 0 atom stereocenters. The third-order valence-corrected chi connectivity index (χ3v) is 8.20. The minimum absolute atomic E-state index is 0.00710. The molecule has 1 N–H and O–H groups in total. The van der Waals surface area contributed by atoms with Crippen LogP contribution >= 0.6 is 11.6 Å². The van der Waals surface area contributed by atoms with Crippen LogP contribution in [0.4, 0.5) is 0 Å². The zero-order valence-electron chi connectivity index (χ0n) is 21.4. The van der Waals surface area contributed by atoms with Crippen LogP contribution in [0.1, 0.15) is 41.4 Å². The summed E-state index contributed by atoms with van der Waals surface area (Å²) in [4.78, 5) is 33.5. The Morgan fingerprint density at radius 1 is 1.13 bits per heavy atom. The first-order chi connectivity index (χ1) is 18.3. The van der Waals surface area contributed by atoms with E-state index in [4.69, 9.17) is 21.3 Å². The third kappa shape index (κ3) is 4.01. The molecule has 1 spiro atoms. The molecule has 10 heteroatoms. The van der Waals surface area contributed by atoms with E-state index < -0.39 is 0 Å². The van der Waals surface area contributed by atoms with Crippen molar-refractivity contribution >= 4 is 28.7 Å². The number of aromatic nitrogens is 5. The van der Waals surface area contributed by atoms with Gasteiger partial charge in [-0.1, -0.05) is 11.6 Å². The van der Waals surface area contributed by atoms with Gasteiger partial charge >= 0.3 is 0 Å². The van der Waals surface area contributed by atoms with Crippen molar-refractivity contribution in [1.29, 1.82) is 0 Å². The molecule has 194 valence electrons. The lowest BCUT2D eigenvalue weighted by Crippen LogP contribution is -2.71. The van der Waals surface area contributed by atoms with Crippen LogP contribution in [0, 0.1) is 12.3 Å². The zero-order chi connectivity index (χ0) is 26.1. The van der Waals surface area contributed by atoms with Gasteiger partial charge in [0.25, 0.3) is 5.91 Å². The van der Waals surface area contributed by atoms with Crippen molar-refractivity contribution in [3.05, 3.63) is 64.7 Å². The van der Waals surface area contributed by atoms with Crippen molar-refractivity contribution in [3.63, 3.8) is 0 Å². The SMILES string of the molecule is Cc1ccnc(Cn2c(-c3ccc(C(=O)N4CC5(CNC5)C4)cc3Cl)nc3c(OC4(C)CC4)ncnc32)c1. The van der Waals surface area contributed by atoms with Gasteiger partial charge in [0, 0.05) is 48.9 Å². The number of hydrogen-bond acceptors (Lipinski definition) is 7. The number of nitrogens with zero attached hydrogens (tertiary/aromatic N) is 6. The first-order valence-corrected chi connectivity index (χ1v) is 13.3. The summed E-state index contributed by atoms with van der Waals surface area (Å²) in [6.45, 7) is 8.10. The minimum Gasteiger partial charge on any atom is -0.470 e. The number of carbonyl (C=O) groups excluding carboxylic acids is 1. The number of halogens is 1. The van der Waals surface area contributed by atoms with E-state index in [1.54, 1.807) is 12.3 Å². The standard InChI is InChI=1S/C28H28ClN7O2/c1-17-5-8-31-19(9-17)11-36-23(34-22-24(36)32-16-33-25(22)38-27(2)6-7-27)20-4-3-18(10-21(20)29)26(37)35-14-28(15-35)12-30-13-28/h3-5,8-10,16,30H,6-7,11-15H2,1-2H3. The van der Waals surface area contributed by atoms with Crippen LogP contribution in [-0.4, -0.2) is 67.1 Å². The van der Waals surface area contributed by atoms with Crippen molar-refractivity contribution < 1.29 is 9.53 Å². The average molecular weight is 530 g/mol. The Kier molecular flexibility index (Phi) is 5.25. The van der Waals surface area contributed by atoms with Crippen molar-refractivity contribution in [2.45, 2.75) is 38.8 Å². The molecule has 1 aliphatic carbocycles. The monoisotopic (exact) mass is 529 g/mol. The number of rotatable bonds is 6. The van der Waals surface area contributed by atoms with E-state index in [1.165, 1.54) is 6.33 Å². The number of ether oxygens (including phenoxy) is 1. The van der Waals surface area contributed by atoms with Crippen LogP contribution in [0.25, 0.3) is 22.6 Å². The summed E-state index contributed by atoms with van der Waals surface area (Å²) < 4.78 is 8.22. The van der Waals surface area contributed by atoms with E-state index in [9.17, 15) is 4.79 Å². The van der Waals surface area contributed by atoms with Crippen molar-refractivity contribution in [2.24, 2.45) is 5.41 Å². The highest BCUT2D eigenvalue weighted by molar-refractivity contribution is 6.33. The summed E-state index contributed by atoms with van der Waals surface area (Å²) in [5.74, 6) is 1.10. The number of fused-ring (bicyclic) bond motifs is 1. The largest absolute Gasteiger partial charge is 0.470 e. The van der Waals surface area contributed by atoms with E-state index in [0.29, 0.717) is 45.6 Å². The van der Waals surface area contributed by atoms with Gasteiger partial charge in [0.2, 0.25) is 5.88 Å². The molecule has 0 bridgehead atoms. The van der Waals surface area contributed by atoms with Crippen molar-refractivity contribution in [3.8, 4) is 17.3 Å². The highest BCUT2D eigenvalue weighted by atomic mass is 35.5. The lowest BCUT2D eigenvalue weighted by Gasteiger charge is -2.56. The lowest BCUT2D eigenvalue weighted by molar-refractivity contribution is -0.0248. The predicted molar refractivity (Wildman–Crippen MR) is 143 cm³/mol. The van der Waals surface area contributed by atoms with Crippen LogP contribution in [0.5, 0.6) is 5.88 Å². The fraction of sp³-hybridized carbons (Fsp3) is 0.393. The first-order valence-electron chi connectivity index (χ1n) is 12.9. The highest BCUT2D eigenvalue weighted by Crippen LogP contribution is 2.41. The number of nitrogens with one attached hydrogen (secondary N) is 1. The smallest absolute Gasteiger partial charge is 0.253 e. The number of hydrogen-bond donors (Lipinski definition) is 1. The molecule has 2 aliphatic heterocycles. The predicted octanol–water partition coefficient (Wildman–Crippen LogP) is 3.88. The van der Waals surface area contributed by atoms with Gasteiger partial charge in [-0.2, -0.15) is 4.98 Å². The average Bonchev–Trinajstić information content (AvgIpc) is 3.45. The van der Waals surface area contributed by atoms with Gasteiger partial charge in [-0.05, 0) is 62.6 Å². The molecular weight excluding hydrogens is 502 g/mol. The zero-order valence-corrected chi connectivity index (χ0v) is 22.1. The van der Waals surface area contributed by atoms with Crippen LogP contribution in [0.3, 0.4) is 0 Å². The Morgan fingerprint density at radius 2 is 1.95 bits per heavy atom. The molecule has 3 aliphatic rings. The second kappa shape index (κ2) is 8.47. The molecule has 3 fully saturated rings. The van der Waals surface area contributed by atoms with Crippen LogP contribution in [-0.2, 0) is 6.54 Å². The Labute approximate surface area is 225 Å². The maximum atomic E-state index is 13.1. The molecule has 9 nitrogen and oxygen atoms in total. The third-order valence-electron chi connectivity index (χ3n) is 7.88. The van der Waals surface area contributed by atoms with Crippen LogP contribution in [0.15, 0.2) is 42.9 Å². The van der Waals surface area contributed by atoms with E-state index in [1.807, 2.05) is 40.7 Å². The molecule has 0 radical (unpaired) electrons. The Hall–Kier alpha value is -3.56. The number of imidazole rings is 1. The summed E-state index contributed by atoms with van der Waals surface area (Å²) in [6.07, 6.45) is 5.27. The molecule has 1 saturated carbocycles. The molecule has 3 aromatic heterocycles. The Morgan fingerprint density at radius 3 is 2.63 bits per heavy atom. The second-order valence-corrected chi connectivity index (χ2v) is 11.6.